The van der Waals surface area contributed by atoms with Gasteiger partial charge in [0, 0.05) is 23.2 Å². The Morgan fingerprint density at radius 3 is 2.94 bits per heavy atom. The molecule has 18 heavy (non-hydrogen) atoms. The Labute approximate surface area is 104 Å². The van der Waals surface area contributed by atoms with E-state index in [1.165, 1.54) is 0 Å². The highest BCUT2D eigenvalue weighted by Gasteiger charge is 2.43. The van der Waals surface area contributed by atoms with Gasteiger partial charge in [-0.2, -0.15) is 5.10 Å². The van der Waals surface area contributed by atoms with Crippen LogP contribution in [0.5, 0.6) is 0 Å². The predicted molar refractivity (Wildman–Crippen MR) is 65.7 cm³/mol. The van der Waals surface area contributed by atoms with Crippen molar-refractivity contribution in [2.24, 2.45) is 0 Å². The quantitative estimate of drug-likeness (QED) is 0.833. The van der Waals surface area contributed by atoms with Gasteiger partial charge < -0.3 is 5.11 Å². The zero-order valence-electron chi connectivity index (χ0n) is 10.6. The average molecular weight is 245 g/mol. The van der Waals surface area contributed by atoms with E-state index in [-0.39, 0.29) is 5.41 Å². The summed E-state index contributed by atoms with van der Waals surface area (Å²) in [7, 11) is 0. The van der Waals surface area contributed by atoms with Crippen LogP contribution >= 0.6 is 0 Å². The Morgan fingerprint density at radius 2 is 2.28 bits per heavy atom. The molecular formula is C13H15N3O2. The number of hydrogen-bond donors (Lipinski definition) is 1. The molecule has 1 aliphatic carbocycles. The smallest absolute Gasteiger partial charge is 0.311 e. The maximum Gasteiger partial charge on any atom is 0.311 e. The number of carbonyl (C=O) groups is 1. The lowest BCUT2D eigenvalue weighted by Gasteiger charge is -2.19. The second-order valence-electron chi connectivity index (χ2n) is 5.60. The van der Waals surface area contributed by atoms with E-state index in [0.717, 1.165) is 22.6 Å². The highest BCUT2D eigenvalue weighted by atomic mass is 16.4. The van der Waals surface area contributed by atoms with Crippen LogP contribution < -0.4 is 0 Å². The van der Waals surface area contributed by atoms with E-state index in [0.29, 0.717) is 6.42 Å². The van der Waals surface area contributed by atoms with Gasteiger partial charge in [0.1, 0.15) is 0 Å². The molecule has 0 fully saturated rings. The van der Waals surface area contributed by atoms with Gasteiger partial charge in [0.2, 0.25) is 0 Å². The lowest BCUT2D eigenvalue weighted by Crippen LogP contribution is -2.18. The predicted octanol–water partition coefficient (Wildman–Crippen LogP) is 1.89. The fourth-order valence-corrected chi connectivity index (χ4v) is 2.93. The summed E-state index contributed by atoms with van der Waals surface area (Å²) < 4.78 is 1.80. The van der Waals surface area contributed by atoms with Crippen LogP contribution in [-0.2, 0) is 10.2 Å². The molecule has 94 valence electrons. The number of fused-ring (bicyclic) bond motifs is 3. The number of carboxylic acid groups (broad SMARTS) is 1. The fraction of sp³-hybridized carbons (Fsp3) is 0.462. The van der Waals surface area contributed by atoms with Gasteiger partial charge in [-0.1, -0.05) is 13.8 Å². The minimum Gasteiger partial charge on any atom is -0.481 e. The Kier molecular flexibility index (Phi) is 2.06. The first-order valence-electron chi connectivity index (χ1n) is 5.99. The Bertz CT molecular complexity index is 658. The first kappa shape index (κ1) is 11.2. The molecule has 0 radical (unpaired) electrons. The van der Waals surface area contributed by atoms with Crippen LogP contribution in [0, 0.1) is 6.92 Å². The zero-order valence-corrected chi connectivity index (χ0v) is 10.6. The van der Waals surface area contributed by atoms with Gasteiger partial charge in [-0.3, -0.25) is 4.79 Å². The first-order valence-corrected chi connectivity index (χ1v) is 5.99. The van der Waals surface area contributed by atoms with Crippen LogP contribution in [0.25, 0.3) is 5.65 Å². The Balaban J connectivity index is 2.35. The summed E-state index contributed by atoms with van der Waals surface area (Å²) >= 11 is 0. The molecule has 2 heterocycles. The molecule has 0 saturated carbocycles. The normalized spacial score (nSPS) is 21.2. The van der Waals surface area contributed by atoms with Gasteiger partial charge in [-0.25, -0.2) is 9.50 Å². The summed E-state index contributed by atoms with van der Waals surface area (Å²) in [6.45, 7) is 6.04. The number of rotatable bonds is 1. The minimum atomic E-state index is -0.785. The van der Waals surface area contributed by atoms with Crippen molar-refractivity contribution < 1.29 is 9.90 Å². The standard InChI is InChI=1S/C13H15N3O2/c1-7-4-10-14-6-9-8(12(17)18)5-13(2,3)11(9)16(10)15-7/h4,6,8H,5H2,1-3H3,(H,17,18). The fourth-order valence-electron chi connectivity index (χ4n) is 2.93. The second-order valence-corrected chi connectivity index (χ2v) is 5.60. The van der Waals surface area contributed by atoms with Gasteiger partial charge in [-0.05, 0) is 13.3 Å². The molecule has 0 spiro atoms. The summed E-state index contributed by atoms with van der Waals surface area (Å²) in [4.78, 5) is 15.6. The topological polar surface area (TPSA) is 67.5 Å². The molecule has 1 unspecified atom stereocenters. The summed E-state index contributed by atoms with van der Waals surface area (Å²) in [6, 6.07) is 1.91. The molecular weight excluding hydrogens is 230 g/mol. The van der Waals surface area contributed by atoms with E-state index in [1.807, 2.05) is 13.0 Å². The van der Waals surface area contributed by atoms with Crippen molar-refractivity contribution in [1.29, 1.82) is 0 Å². The van der Waals surface area contributed by atoms with Crippen molar-refractivity contribution in [3.05, 3.63) is 29.2 Å². The average Bonchev–Trinajstić information content (AvgIpc) is 2.75. The van der Waals surface area contributed by atoms with Crippen LogP contribution in [0.3, 0.4) is 0 Å². The third-order valence-corrected chi connectivity index (χ3v) is 3.66. The summed E-state index contributed by atoms with van der Waals surface area (Å²) in [5, 5.41) is 13.7. The van der Waals surface area contributed by atoms with Crippen LogP contribution in [0.1, 0.15) is 43.1 Å². The maximum absolute atomic E-state index is 11.3. The molecule has 2 aromatic rings. The van der Waals surface area contributed by atoms with Crippen molar-refractivity contribution in [3.8, 4) is 0 Å². The van der Waals surface area contributed by atoms with E-state index in [4.69, 9.17) is 0 Å². The van der Waals surface area contributed by atoms with Crippen LogP contribution in [0.2, 0.25) is 0 Å². The number of aromatic nitrogens is 3. The van der Waals surface area contributed by atoms with Gasteiger partial charge >= 0.3 is 5.97 Å². The Morgan fingerprint density at radius 1 is 1.56 bits per heavy atom. The van der Waals surface area contributed by atoms with Gasteiger partial charge in [0.15, 0.2) is 5.65 Å². The molecule has 1 aliphatic rings. The third kappa shape index (κ3) is 1.36. The molecule has 5 nitrogen and oxygen atoms in total. The number of aliphatic carboxylic acids is 1. The van der Waals surface area contributed by atoms with Crippen molar-refractivity contribution in [2.45, 2.75) is 38.5 Å². The number of nitrogens with zero attached hydrogens (tertiary/aromatic N) is 3. The minimum absolute atomic E-state index is 0.196. The van der Waals surface area contributed by atoms with Crippen LogP contribution in [-0.4, -0.2) is 25.7 Å². The Hall–Kier alpha value is -1.91. The van der Waals surface area contributed by atoms with Gasteiger partial charge in [0.25, 0.3) is 0 Å². The molecule has 1 atom stereocenters. The SMILES string of the molecule is Cc1cc2ncc3c(n2n1)C(C)(C)CC3C(=O)O. The first-order chi connectivity index (χ1) is 8.40. The zero-order chi connectivity index (χ0) is 13.1. The monoisotopic (exact) mass is 245 g/mol. The maximum atomic E-state index is 11.3. The van der Waals surface area contributed by atoms with Crippen LogP contribution in [0.4, 0.5) is 0 Å². The van der Waals surface area contributed by atoms with E-state index in [1.54, 1.807) is 10.7 Å². The number of carboxylic acids is 1. The highest BCUT2D eigenvalue weighted by Crippen LogP contribution is 2.45. The van der Waals surface area contributed by atoms with Crippen molar-refractivity contribution in [2.75, 3.05) is 0 Å². The number of hydrogen-bond acceptors (Lipinski definition) is 3. The largest absolute Gasteiger partial charge is 0.481 e. The van der Waals surface area contributed by atoms with Gasteiger partial charge in [0.05, 0.1) is 17.3 Å². The molecule has 0 aromatic carbocycles. The molecule has 2 aromatic heterocycles. The van der Waals surface area contributed by atoms with Crippen molar-refractivity contribution >= 4 is 11.6 Å². The second kappa shape index (κ2) is 3.31. The van der Waals surface area contributed by atoms with Gasteiger partial charge in [-0.15, -0.1) is 0 Å². The summed E-state index contributed by atoms with van der Waals surface area (Å²) in [5.74, 6) is -1.26. The lowest BCUT2D eigenvalue weighted by molar-refractivity contribution is -0.139. The third-order valence-electron chi connectivity index (χ3n) is 3.66. The molecule has 3 rings (SSSR count). The molecule has 0 amide bonds. The van der Waals surface area contributed by atoms with E-state index < -0.39 is 11.9 Å². The summed E-state index contributed by atoms with van der Waals surface area (Å²) in [5.41, 5.74) is 3.25. The van der Waals surface area contributed by atoms with E-state index >= 15 is 0 Å². The van der Waals surface area contributed by atoms with Crippen LogP contribution in [0.15, 0.2) is 12.3 Å². The van der Waals surface area contributed by atoms with Crippen molar-refractivity contribution in [3.63, 3.8) is 0 Å². The summed E-state index contributed by atoms with van der Waals surface area (Å²) in [6.07, 6.45) is 2.29. The lowest BCUT2D eigenvalue weighted by atomic mass is 9.89. The number of aryl methyl sites for hydroxylation is 1. The molecule has 0 saturated heterocycles. The molecule has 5 heteroatoms. The van der Waals surface area contributed by atoms with E-state index in [9.17, 15) is 9.90 Å². The molecule has 1 N–H and O–H groups in total. The highest BCUT2D eigenvalue weighted by molar-refractivity contribution is 5.78. The molecule has 0 bridgehead atoms. The van der Waals surface area contributed by atoms with E-state index in [2.05, 4.69) is 23.9 Å². The van der Waals surface area contributed by atoms with Crippen molar-refractivity contribution in [1.82, 2.24) is 14.6 Å². The molecule has 0 aliphatic heterocycles.